The van der Waals surface area contributed by atoms with Gasteiger partial charge >= 0.3 is 5.97 Å². The van der Waals surface area contributed by atoms with Crippen molar-refractivity contribution in [2.24, 2.45) is 23.2 Å². The minimum Gasteiger partial charge on any atom is -0.458 e. The van der Waals surface area contributed by atoms with Gasteiger partial charge in [-0.15, -0.1) is 0 Å². The highest BCUT2D eigenvalue weighted by Crippen LogP contribution is 2.65. The van der Waals surface area contributed by atoms with E-state index >= 15 is 0 Å². The molecule has 6 aliphatic rings. The molecule has 5 heteroatoms. The molecule has 0 bridgehead atoms. The molecule has 34 heavy (non-hydrogen) atoms. The number of nitrogens with zero attached hydrogens (tertiary/aromatic N) is 1. The van der Waals surface area contributed by atoms with Crippen LogP contribution in [0.3, 0.4) is 0 Å². The number of likely N-dealkylation sites (tertiary alicyclic amines) is 1. The molecule has 4 atom stereocenters. The lowest BCUT2D eigenvalue weighted by Crippen LogP contribution is -2.52. The van der Waals surface area contributed by atoms with E-state index < -0.39 is 0 Å². The number of fused-ring (bicyclic) bond motifs is 4. The summed E-state index contributed by atoms with van der Waals surface area (Å²) in [4.78, 5) is 15.7. The molecule has 2 aliphatic heterocycles. The quantitative estimate of drug-likeness (QED) is 0.518. The summed E-state index contributed by atoms with van der Waals surface area (Å²) < 4.78 is 18.7. The average Bonchev–Trinajstić information content (AvgIpc) is 3.41. The van der Waals surface area contributed by atoms with Crippen LogP contribution < -0.4 is 0 Å². The minimum absolute atomic E-state index is 0.0443. The van der Waals surface area contributed by atoms with Crippen LogP contribution in [0, 0.1) is 23.2 Å². The third-order valence-corrected chi connectivity index (χ3v) is 10.9. The van der Waals surface area contributed by atoms with Gasteiger partial charge in [-0.2, -0.15) is 0 Å². The Morgan fingerprint density at radius 3 is 2.62 bits per heavy atom. The Morgan fingerprint density at radius 1 is 1.12 bits per heavy atom. The van der Waals surface area contributed by atoms with Crippen LogP contribution in [0.15, 0.2) is 22.8 Å². The molecule has 0 aromatic carbocycles. The molecule has 1 spiro atoms. The van der Waals surface area contributed by atoms with Crippen LogP contribution in [-0.4, -0.2) is 55.6 Å². The van der Waals surface area contributed by atoms with Crippen molar-refractivity contribution in [2.75, 3.05) is 33.4 Å². The normalized spacial score (nSPS) is 40.0. The van der Waals surface area contributed by atoms with Gasteiger partial charge in [-0.3, -0.25) is 4.79 Å². The average molecular weight is 470 g/mol. The number of hydrogen-bond donors (Lipinski definition) is 0. The van der Waals surface area contributed by atoms with Crippen molar-refractivity contribution in [3.8, 4) is 0 Å². The van der Waals surface area contributed by atoms with Crippen molar-refractivity contribution in [3.05, 3.63) is 22.8 Å². The molecule has 1 unspecified atom stereocenters. The predicted octanol–water partition coefficient (Wildman–Crippen LogP) is 5.40. The second-order valence-electron chi connectivity index (χ2n) is 12.3. The van der Waals surface area contributed by atoms with Crippen molar-refractivity contribution >= 4 is 5.97 Å². The van der Waals surface area contributed by atoms with Gasteiger partial charge in [0, 0.05) is 18.3 Å². The van der Waals surface area contributed by atoms with Crippen LogP contribution in [0.1, 0.15) is 84.5 Å². The minimum atomic E-state index is -0.331. The summed E-state index contributed by atoms with van der Waals surface area (Å²) in [6.45, 7) is 8.18. The highest BCUT2D eigenvalue weighted by molar-refractivity contribution is 5.73. The summed E-state index contributed by atoms with van der Waals surface area (Å²) in [5, 5.41) is 0. The Kier molecular flexibility index (Phi) is 5.78. The largest absolute Gasteiger partial charge is 0.458 e. The lowest BCUT2D eigenvalue weighted by molar-refractivity contribution is -0.183. The van der Waals surface area contributed by atoms with E-state index in [9.17, 15) is 4.79 Å². The number of hydrogen-bond acceptors (Lipinski definition) is 5. The van der Waals surface area contributed by atoms with Gasteiger partial charge in [0.25, 0.3) is 0 Å². The Balaban J connectivity index is 1.24. The number of carbonyl (C=O) groups is 1. The summed E-state index contributed by atoms with van der Waals surface area (Å²) in [6.07, 6.45) is 14.0. The van der Waals surface area contributed by atoms with Gasteiger partial charge in [-0.1, -0.05) is 25.5 Å². The fourth-order valence-electron chi connectivity index (χ4n) is 8.72. The first-order valence-corrected chi connectivity index (χ1v) is 14.0. The van der Waals surface area contributed by atoms with Crippen LogP contribution in [0.2, 0.25) is 0 Å². The predicted molar refractivity (Wildman–Crippen MR) is 131 cm³/mol. The maximum Gasteiger partial charge on any atom is 0.309 e. The van der Waals surface area contributed by atoms with Crippen molar-refractivity contribution in [3.63, 3.8) is 0 Å². The third-order valence-electron chi connectivity index (χ3n) is 10.9. The maximum absolute atomic E-state index is 13.3. The lowest BCUT2D eigenvalue weighted by Gasteiger charge is -2.52. The van der Waals surface area contributed by atoms with Gasteiger partial charge in [0.1, 0.15) is 5.60 Å². The molecule has 0 aromatic heterocycles. The molecule has 4 aliphatic carbocycles. The number of ether oxygens (including phenoxy) is 3. The first-order chi connectivity index (χ1) is 16.4. The fraction of sp³-hybridized carbons (Fsp3) is 0.828. The second-order valence-corrected chi connectivity index (χ2v) is 12.3. The number of rotatable bonds is 3. The highest BCUT2D eigenvalue weighted by atomic mass is 16.7. The van der Waals surface area contributed by atoms with Crippen molar-refractivity contribution in [1.82, 2.24) is 4.90 Å². The zero-order chi connectivity index (χ0) is 23.6. The summed E-state index contributed by atoms with van der Waals surface area (Å²) in [7, 11) is 2.15. The van der Waals surface area contributed by atoms with E-state index in [2.05, 4.69) is 31.9 Å². The van der Waals surface area contributed by atoms with E-state index in [1.54, 1.807) is 16.7 Å². The second kappa shape index (κ2) is 8.45. The van der Waals surface area contributed by atoms with Gasteiger partial charge in [0.2, 0.25) is 0 Å². The van der Waals surface area contributed by atoms with E-state index in [4.69, 9.17) is 14.2 Å². The molecular formula is C29H43NO4. The molecule has 5 nitrogen and oxygen atoms in total. The van der Waals surface area contributed by atoms with Crippen LogP contribution in [0.25, 0.3) is 0 Å². The summed E-state index contributed by atoms with van der Waals surface area (Å²) >= 11 is 0. The smallest absolute Gasteiger partial charge is 0.309 e. The topological polar surface area (TPSA) is 48.0 Å². The van der Waals surface area contributed by atoms with E-state index in [0.29, 0.717) is 11.8 Å². The number of piperidine rings is 1. The third kappa shape index (κ3) is 3.48. The van der Waals surface area contributed by atoms with Gasteiger partial charge < -0.3 is 19.1 Å². The molecule has 2 saturated heterocycles. The summed E-state index contributed by atoms with van der Waals surface area (Å²) in [6, 6.07) is 0. The molecule has 6 rings (SSSR count). The molecule has 1 saturated carbocycles. The molecule has 0 radical (unpaired) electrons. The molecule has 2 heterocycles. The van der Waals surface area contributed by atoms with Crippen LogP contribution >= 0.6 is 0 Å². The maximum atomic E-state index is 13.3. The van der Waals surface area contributed by atoms with E-state index in [0.717, 1.165) is 77.7 Å². The zero-order valence-corrected chi connectivity index (χ0v) is 21.5. The molecule has 0 aromatic rings. The van der Waals surface area contributed by atoms with Gasteiger partial charge in [-0.05, 0) is 101 Å². The number of esters is 1. The lowest BCUT2D eigenvalue weighted by atomic mass is 9.55. The van der Waals surface area contributed by atoms with Gasteiger partial charge in [0.05, 0.1) is 19.1 Å². The first kappa shape index (κ1) is 23.2. The highest BCUT2D eigenvalue weighted by Gasteiger charge is 2.62. The SMILES string of the molecule is CCC1(OC(=O)C2CCN(C)CC2)CC[C@H]2[C@@H]3CCC4=C(CCC5(C4)OCCO5)C3=CC[C@@]21C. The van der Waals surface area contributed by atoms with Gasteiger partial charge in [-0.25, -0.2) is 0 Å². The molecule has 0 N–H and O–H groups in total. The Hall–Kier alpha value is -1.17. The van der Waals surface area contributed by atoms with E-state index in [-0.39, 0.29) is 28.7 Å². The fourth-order valence-corrected chi connectivity index (χ4v) is 8.72. The van der Waals surface area contributed by atoms with Crippen LogP contribution in [0.5, 0.6) is 0 Å². The van der Waals surface area contributed by atoms with Crippen molar-refractivity contribution in [1.29, 1.82) is 0 Å². The first-order valence-electron chi connectivity index (χ1n) is 14.0. The van der Waals surface area contributed by atoms with Crippen LogP contribution in [-0.2, 0) is 19.0 Å². The standard InChI is InChI=1S/C29H43NO4/c1-4-28(34-26(31)20-10-15-30(3)16-11-20)13-9-25-24-6-5-21-19-29(32-17-18-33-29)14-8-22(21)23(24)7-12-27(25,28)2/h7,20,24-25H,4-6,8-19H2,1-3H3/t24-,25+,27+,28?/m1/s1. The summed E-state index contributed by atoms with van der Waals surface area (Å²) in [5.41, 5.74) is 4.58. The number of allylic oxidation sites excluding steroid dienone is 3. The van der Waals surface area contributed by atoms with Crippen molar-refractivity contribution in [2.45, 2.75) is 95.9 Å². The van der Waals surface area contributed by atoms with Gasteiger partial charge in [0.15, 0.2) is 5.79 Å². The molecule has 0 amide bonds. The van der Waals surface area contributed by atoms with E-state index in [1.807, 2.05) is 0 Å². The molecular weight excluding hydrogens is 426 g/mol. The van der Waals surface area contributed by atoms with Crippen molar-refractivity contribution < 1.29 is 19.0 Å². The Bertz CT molecular complexity index is 894. The van der Waals surface area contributed by atoms with Crippen LogP contribution in [0.4, 0.5) is 0 Å². The Morgan fingerprint density at radius 2 is 1.88 bits per heavy atom. The molecule has 188 valence electrons. The summed E-state index contributed by atoms with van der Waals surface area (Å²) in [5.74, 6) is 1.06. The zero-order valence-electron chi connectivity index (χ0n) is 21.5. The monoisotopic (exact) mass is 469 g/mol. The molecule has 3 fully saturated rings. The Labute approximate surface area is 205 Å². The van der Waals surface area contributed by atoms with E-state index in [1.165, 1.54) is 19.3 Å². The number of carbonyl (C=O) groups excluding carboxylic acids is 1.